The number of esters is 1. The number of thiophene rings is 1. The van der Waals surface area contributed by atoms with Crippen molar-refractivity contribution in [2.24, 2.45) is 5.73 Å². The van der Waals surface area contributed by atoms with Gasteiger partial charge in [0.05, 0.1) is 18.2 Å². The molecule has 0 spiro atoms. The van der Waals surface area contributed by atoms with Crippen LogP contribution in [0.2, 0.25) is 0 Å². The van der Waals surface area contributed by atoms with Gasteiger partial charge in [0.15, 0.2) is 0 Å². The van der Waals surface area contributed by atoms with Gasteiger partial charge in [-0.1, -0.05) is 0 Å². The van der Waals surface area contributed by atoms with Crippen LogP contribution in [0.4, 0.5) is 15.9 Å². The lowest BCUT2D eigenvalue weighted by Crippen LogP contribution is -2.19. The largest absolute Gasteiger partial charge is 0.488 e. The maximum absolute atomic E-state index is 13.9. The average molecular weight is 416 g/mol. The van der Waals surface area contributed by atoms with Crippen molar-refractivity contribution in [3.8, 4) is 5.75 Å². The molecule has 7 nitrogen and oxygen atoms in total. The van der Waals surface area contributed by atoms with E-state index in [1.165, 1.54) is 36.9 Å². The Labute approximate surface area is 171 Å². The predicted octanol–water partition coefficient (Wildman–Crippen LogP) is 3.93. The zero-order valence-corrected chi connectivity index (χ0v) is 16.9. The van der Waals surface area contributed by atoms with Gasteiger partial charge in [0.2, 0.25) is 0 Å². The van der Waals surface area contributed by atoms with Crippen LogP contribution in [-0.2, 0) is 4.74 Å². The monoisotopic (exact) mass is 416 g/mol. The van der Waals surface area contributed by atoms with Gasteiger partial charge < -0.3 is 20.5 Å². The van der Waals surface area contributed by atoms with E-state index >= 15 is 0 Å². The van der Waals surface area contributed by atoms with Crippen LogP contribution >= 0.6 is 11.3 Å². The molecule has 0 radical (unpaired) electrons. The molecule has 1 aromatic carbocycles. The minimum Gasteiger partial charge on any atom is -0.488 e. The van der Waals surface area contributed by atoms with Gasteiger partial charge in [0.25, 0.3) is 0 Å². The van der Waals surface area contributed by atoms with Gasteiger partial charge in [0.1, 0.15) is 39.5 Å². The maximum atomic E-state index is 13.9. The zero-order chi connectivity index (χ0) is 20.5. The molecule has 1 saturated carbocycles. The Hall–Kier alpha value is -2.78. The Morgan fingerprint density at radius 1 is 1.34 bits per heavy atom. The maximum Gasteiger partial charge on any atom is 0.348 e. The molecule has 0 saturated heterocycles. The molecule has 4 rings (SSSR count). The van der Waals surface area contributed by atoms with E-state index < -0.39 is 5.97 Å². The lowest BCUT2D eigenvalue weighted by Gasteiger charge is -2.18. The molecule has 1 fully saturated rings. The summed E-state index contributed by atoms with van der Waals surface area (Å²) >= 11 is 1.24. The van der Waals surface area contributed by atoms with Gasteiger partial charge in [-0.15, -0.1) is 11.3 Å². The number of rotatable bonds is 5. The molecule has 1 aliphatic rings. The lowest BCUT2D eigenvalue weighted by atomic mass is 10.2. The SMILES string of the molecule is COC(=O)c1sc2ncnc(Nc3ccc(F)cc3OC3CCC(N)C3)c2c1C. The molecule has 1 aliphatic carbocycles. The molecule has 0 aliphatic heterocycles. The summed E-state index contributed by atoms with van der Waals surface area (Å²) in [5, 5.41) is 3.94. The Morgan fingerprint density at radius 2 is 2.17 bits per heavy atom. The molecule has 0 bridgehead atoms. The highest BCUT2D eigenvalue weighted by Gasteiger charge is 2.25. The molecule has 29 heavy (non-hydrogen) atoms. The zero-order valence-electron chi connectivity index (χ0n) is 16.1. The summed E-state index contributed by atoms with van der Waals surface area (Å²) in [6.45, 7) is 1.82. The van der Waals surface area contributed by atoms with Crippen molar-refractivity contribution in [1.29, 1.82) is 0 Å². The van der Waals surface area contributed by atoms with Crippen molar-refractivity contribution in [1.82, 2.24) is 9.97 Å². The normalized spacial score (nSPS) is 18.8. The Balaban J connectivity index is 1.70. The third-order valence-electron chi connectivity index (χ3n) is 5.01. The van der Waals surface area contributed by atoms with Crippen molar-refractivity contribution < 1.29 is 18.7 Å². The smallest absolute Gasteiger partial charge is 0.348 e. The van der Waals surface area contributed by atoms with Gasteiger partial charge >= 0.3 is 5.97 Å². The van der Waals surface area contributed by atoms with Gasteiger partial charge in [-0.05, 0) is 43.9 Å². The van der Waals surface area contributed by atoms with E-state index in [1.807, 2.05) is 6.92 Å². The molecule has 3 aromatic rings. The molecular weight excluding hydrogens is 395 g/mol. The number of benzene rings is 1. The highest BCUT2D eigenvalue weighted by atomic mass is 32.1. The second-order valence-electron chi connectivity index (χ2n) is 7.03. The highest BCUT2D eigenvalue weighted by Crippen LogP contribution is 2.37. The van der Waals surface area contributed by atoms with Gasteiger partial charge in [0, 0.05) is 12.1 Å². The number of nitrogens with two attached hydrogens (primary N) is 1. The van der Waals surface area contributed by atoms with E-state index in [4.69, 9.17) is 15.2 Å². The number of ether oxygens (including phenoxy) is 2. The lowest BCUT2D eigenvalue weighted by molar-refractivity contribution is 0.0605. The Morgan fingerprint density at radius 3 is 2.90 bits per heavy atom. The van der Waals surface area contributed by atoms with E-state index in [-0.39, 0.29) is 18.0 Å². The Bertz CT molecular complexity index is 1070. The number of methoxy groups -OCH3 is 1. The van der Waals surface area contributed by atoms with Gasteiger partial charge in [-0.25, -0.2) is 19.2 Å². The van der Waals surface area contributed by atoms with E-state index in [1.54, 1.807) is 6.07 Å². The molecule has 0 amide bonds. The number of carbonyl (C=O) groups is 1. The van der Waals surface area contributed by atoms with Crippen LogP contribution in [-0.4, -0.2) is 35.2 Å². The van der Waals surface area contributed by atoms with Crippen LogP contribution in [0.3, 0.4) is 0 Å². The van der Waals surface area contributed by atoms with Crippen molar-refractivity contribution in [3.63, 3.8) is 0 Å². The number of nitrogens with one attached hydrogen (secondary N) is 1. The fraction of sp³-hybridized carbons (Fsp3) is 0.350. The number of aryl methyl sites for hydroxylation is 1. The van der Waals surface area contributed by atoms with Crippen molar-refractivity contribution >= 4 is 39.0 Å². The summed E-state index contributed by atoms with van der Waals surface area (Å²) in [5.74, 6) is 0.107. The Kier molecular flexibility index (Phi) is 5.33. The highest BCUT2D eigenvalue weighted by molar-refractivity contribution is 7.20. The second-order valence-corrected chi connectivity index (χ2v) is 8.03. The molecular formula is C20H21FN4O3S. The first kappa shape index (κ1) is 19.5. The second kappa shape index (κ2) is 7.92. The van der Waals surface area contributed by atoms with E-state index in [0.717, 1.165) is 30.2 Å². The predicted molar refractivity (Wildman–Crippen MR) is 109 cm³/mol. The summed E-state index contributed by atoms with van der Waals surface area (Å²) in [4.78, 5) is 21.8. The van der Waals surface area contributed by atoms with Crippen LogP contribution in [0.25, 0.3) is 10.2 Å². The van der Waals surface area contributed by atoms with E-state index in [9.17, 15) is 9.18 Å². The minimum absolute atomic E-state index is 0.0495. The van der Waals surface area contributed by atoms with E-state index in [0.29, 0.717) is 27.0 Å². The first-order valence-electron chi connectivity index (χ1n) is 9.27. The number of anilines is 2. The quantitative estimate of drug-likeness (QED) is 0.608. The summed E-state index contributed by atoms with van der Waals surface area (Å²) in [6, 6.07) is 4.42. The van der Waals surface area contributed by atoms with Gasteiger partial charge in [-0.2, -0.15) is 0 Å². The van der Waals surface area contributed by atoms with Crippen LogP contribution in [0.5, 0.6) is 5.75 Å². The number of nitrogens with zero attached hydrogens (tertiary/aromatic N) is 2. The summed E-state index contributed by atoms with van der Waals surface area (Å²) in [7, 11) is 1.34. The van der Waals surface area contributed by atoms with Crippen LogP contribution in [0.1, 0.15) is 34.5 Å². The van der Waals surface area contributed by atoms with Crippen molar-refractivity contribution in [2.45, 2.75) is 38.3 Å². The molecule has 152 valence electrons. The molecule has 2 atom stereocenters. The summed E-state index contributed by atoms with van der Waals surface area (Å²) in [5.41, 5.74) is 7.27. The number of fused-ring (bicyclic) bond motifs is 1. The number of hydrogen-bond donors (Lipinski definition) is 2. The average Bonchev–Trinajstić information content (AvgIpc) is 3.27. The molecule has 2 unspecified atom stereocenters. The third-order valence-corrected chi connectivity index (χ3v) is 6.19. The molecule has 3 N–H and O–H groups in total. The third kappa shape index (κ3) is 3.88. The van der Waals surface area contributed by atoms with Crippen LogP contribution in [0, 0.1) is 12.7 Å². The van der Waals surface area contributed by atoms with Gasteiger partial charge in [-0.3, -0.25) is 0 Å². The van der Waals surface area contributed by atoms with Crippen molar-refractivity contribution in [2.75, 3.05) is 12.4 Å². The molecule has 2 heterocycles. The van der Waals surface area contributed by atoms with Crippen LogP contribution < -0.4 is 15.8 Å². The minimum atomic E-state index is -0.417. The number of hydrogen-bond acceptors (Lipinski definition) is 8. The topological polar surface area (TPSA) is 99.4 Å². The first-order chi connectivity index (χ1) is 14.0. The number of carbonyl (C=O) groups excluding carboxylic acids is 1. The number of aromatic nitrogens is 2. The molecule has 9 heteroatoms. The molecule has 2 aromatic heterocycles. The number of halogens is 1. The summed E-state index contributed by atoms with van der Waals surface area (Å²) < 4.78 is 24.8. The van der Waals surface area contributed by atoms with E-state index in [2.05, 4.69) is 15.3 Å². The van der Waals surface area contributed by atoms with Crippen molar-refractivity contribution in [3.05, 3.63) is 40.8 Å². The fourth-order valence-corrected chi connectivity index (χ4v) is 4.61. The fourth-order valence-electron chi connectivity index (χ4n) is 3.54. The summed E-state index contributed by atoms with van der Waals surface area (Å²) in [6.07, 6.45) is 3.83. The standard InChI is InChI=1S/C20H21FN4O3S/c1-10-16-18(23-9-24-19(16)29-17(10)20(26)27-2)25-14-6-3-11(21)7-15(14)28-13-5-4-12(22)8-13/h3,6-7,9,12-13H,4-5,8,22H2,1-2H3,(H,23,24,25). The van der Waals surface area contributed by atoms with Crippen LogP contribution in [0.15, 0.2) is 24.5 Å². The first-order valence-corrected chi connectivity index (χ1v) is 10.1.